The number of nitrogen functional groups attached to an aromatic ring is 1. The van der Waals surface area contributed by atoms with Crippen molar-refractivity contribution in [3.05, 3.63) is 252 Å². The topological polar surface area (TPSA) is 257 Å². The van der Waals surface area contributed by atoms with Crippen molar-refractivity contribution in [3.63, 3.8) is 0 Å². The van der Waals surface area contributed by atoms with Crippen LogP contribution in [0.15, 0.2) is 150 Å². The number of carboxylic acid groups (broad SMARTS) is 1. The number of aromatic nitrogens is 4. The van der Waals surface area contributed by atoms with Gasteiger partial charge in [-0.15, -0.1) is 12.4 Å². The van der Waals surface area contributed by atoms with E-state index in [0.29, 0.717) is 43.7 Å². The molecule has 1 fully saturated rings. The van der Waals surface area contributed by atoms with Gasteiger partial charge in [0.15, 0.2) is 15.4 Å². The Hall–Kier alpha value is -10.6. The molecular formula is C85H75BrCl2F24LiN7O11S3. The number of phenols is 1. The fourth-order valence-electron chi connectivity index (χ4n) is 10.7. The van der Waals surface area contributed by atoms with Gasteiger partial charge in [0.2, 0.25) is 0 Å². The number of nitrogens with one attached hydrogen (secondary N) is 2. The van der Waals surface area contributed by atoms with E-state index in [-0.39, 0.29) is 112 Å². The smallest absolute Gasteiger partial charge is 0.508 e. The van der Waals surface area contributed by atoms with E-state index in [1.165, 1.54) is 87.5 Å². The summed E-state index contributed by atoms with van der Waals surface area (Å²) < 4.78 is 331. The zero-order valence-electron chi connectivity index (χ0n) is 71.2. The Bertz CT molecular complexity index is 5840. The summed E-state index contributed by atoms with van der Waals surface area (Å²) in [5, 5.41) is 21.5. The third kappa shape index (κ3) is 34.9. The Morgan fingerprint density at radius 3 is 1.08 bits per heavy atom. The van der Waals surface area contributed by atoms with E-state index in [4.69, 9.17) is 41.4 Å². The average molecular weight is 2080 g/mol. The van der Waals surface area contributed by atoms with E-state index >= 15 is 0 Å². The molecular weight excluding hydrogens is 2000 g/mol. The molecule has 0 saturated carbocycles. The zero-order valence-corrected chi connectivity index (χ0v) is 76.8. The second-order valence-electron chi connectivity index (χ2n) is 26.9. The Kier molecular flexibility index (Phi) is 44.1. The minimum atomic E-state index is -4.85. The van der Waals surface area contributed by atoms with Crippen molar-refractivity contribution in [1.29, 1.82) is 0 Å². The minimum absolute atomic E-state index is 0. The first-order valence-electron chi connectivity index (χ1n) is 37.1. The number of carbonyl (C=O) groups excluding carboxylic acids is 3. The number of ether oxygens (including phenoxy) is 5. The molecule has 0 radical (unpaired) electrons. The third-order valence-corrected chi connectivity index (χ3v) is 21.0. The number of hydrogen-bond acceptors (Lipinski definition) is 18. The molecule has 6 N–H and O–H groups in total. The van der Waals surface area contributed by atoms with Crippen LogP contribution in [0.1, 0.15) is 146 Å². The number of aromatic hydroxyl groups is 1. The van der Waals surface area contributed by atoms with Crippen LogP contribution >= 0.6 is 73.9 Å². The quantitative estimate of drug-likeness (QED) is 0.0349. The molecule has 49 heteroatoms. The largest absolute Gasteiger partial charge is 1.00 e. The number of benzene rings is 8. The number of alkyl halides is 24. The van der Waals surface area contributed by atoms with Crippen molar-refractivity contribution in [1.82, 2.24) is 19.9 Å². The van der Waals surface area contributed by atoms with E-state index < -0.39 is 145 Å². The van der Waals surface area contributed by atoms with Crippen LogP contribution in [0, 0.1) is 41.5 Å². The van der Waals surface area contributed by atoms with E-state index in [1.54, 1.807) is 19.3 Å². The molecule has 1 aliphatic rings. The molecule has 0 unspecified atom stereocenters. The van der Waals surface area contributed by atoms with Gasteiger partial charge in [-0.3, -0.25) is 30.0 Å². The second-order valence-corrected chi connectivity index (χ2v) is 31.2. The van der Waals surface area contributed by atoms with Gasteiger partial charge in [0, 0.05) is 35.6 Å². The molecule has 5 heterocycles. The minimum Gasteiger partial charge on any atom is -0.508 e. The third-order valence-electron chi connectivity index (χ3n) is 17.2. The number of carbonyl (C=O) groups is 4. The number of amides is 2. The van der Waals surface area contributed by atoms with Crippen LogP contribution in [-0.4, -0.2) is 94.8 Å². The van der Waals surface area contributed by atoms with E-state index in [2.05, 4.69) is 65.1 Å². The Balaban J connectivity index is 0.000000408. The van der Waals surface area contributed by atoms with Crippen LogP contribution in [0.2, 0.25) is 0 Å². The van der Waals surface area contributed by atoms with Gasteiger partial charge >= 0.3 is 74.2 Å². The molecule has 134 heavy (non-hydrogen) atoms. The van der Waals surface area contributed by atoms with Gasteiger partial charge < -0.3 is 46.6 Å². The van der Waals surface area contributed by atoms with Crippen molar-refractivity contribution in [2.75, 3.05) is 58.0 Å². The van der Waals surface area contributed by atoms with Gasteiger partial charge in [0.25, 0.3) is 17.1 Å². The molecule has 13 rings (SSSR count). The summed E-state index contributed by atoms with van der Waals surface area (Å²) >= 11 is 10.7. The number of methoxy groups -OCH3 is 4. The first kappa shape index (κ1) is 118. The van der Waals surface area contributed by atoms with E-state index in [1.807, 2.05) is 18.2 Å². The number of aryl methyl sites for hydroxylation is 5. The van der Waals surface area contributed by atoms with Crippen LogP contribution in [-0.2, 0) is 54.1 Å². The summed E-state index contributed by atoms with van der Waals surface area (Å²) in [6, 6.07) is 23.6. The number of aromatic carboxylic acids is 1. The van der Waals surface area contributed by atoms with Crippen molar-refractivity contribution in [2.45, 2.75) is 117 Å². The monoisotopic (exact) mass is 2080 g/mol. The molecule has 1 aliphatic heterocycles. The summed E-state index contributed by atoms with van der Waals surface area (Å²) in [4.78, 5) is 61.9. The molecule has 0 bridgehead atoms. The van der Waals surface area contributed by atoms with Crippen molar-refractivity contribution in [3.8, 4) is 28.7 Å². The predicted molar refractivity (Wildman–Crippen MR) is 460 cm³/mol. The van der Waals surface area contributed by atoms with Gasteiger partial charge in [-0.1, -0.05) is 69.4 Å². The summed E-state index contributed by atoms with van der Waals surface area (Å²) in [7, 11) is 5.04. The van der Waals surface area contributed by atoms with Crippen molar-refractivity contribution in [2.24, 2.45) is 0 Å². The normalized spacial score (nSPS) is 11.9. The number of fused-ring (bicyclic) bond motifs is 3. The van der Waals surface area contributed by atoms with Gasteiger partial charge in [-0.25, -0.2) is 19.7 Å². The maximum atomic E-state index is 13.3. The van der Waals surface area contributed by atoms with Crippen molar-refractivity contribution < 1.29 is 177 Å². The number of halogens is 27. The number of unbranched alkanes of at least 4 members (excludes halogenated alkanes) is 1. The number of nitrogens with two attached hydrogens (primary N) is 1. The molecule has 2 amide bonds. The number of pyridine rings is 1. The SMILES string of the molecule is C1CCOC1.COc1cc(Br)c(C)cc1C(F)(F)F.COc1cc(C(=O)Cl)c(C(F)(F)F)cc1C.COc1cc(C(=O)Nc2nc3ccc(C(F)(F)F)cc3s2)c(C(F)(F)F)cc1C.COc1cc(C(=O)O)c(C(F)(F)F)cc1C.Cc1cc(C(F)(F)F)c(C(=O)Nc2nc3ccc(C(F)(F)F)cc3s2)cc1O.Cl.Nc1nc2ccc(C(F)(F)F)cc2s1.[CH2-]CCC.[Li+].c1ccncc1. The molecule has 0 atom stereocenters. The Morgan fingerprint density at radius 2 is 0.776 bits per heavy atom. The number of carboxylic acids is 1. The standard InChI is InChI=1S/C18H12F6N2O2S.C17H10F6N2O2S.C10H8ClF3O2.C10H9F3O3.C9H8BrF3O.C8H5F3N2S.C5H5N.C4H8O.C4H9.ClH.Li/c1-8-5-11(18(22,23)24)10(7-13(8)28-2)15(27)26-16-25-12-4-3-9(17(19,20)21)6-14(12)29-16;1-7-4-10(17(21,22)23)9(6-12(7)26)14(27)25-15-24-11-3-2-8(16(18,19)20)5-13(11)28-15;1-5-3-7(10(12,13)14)6(9(11)15)4-8(5)16-2;1-5-3-7(10(11,12)13)6(9(14)15)4-8(5)16-2;1-5-3-6(9(11,12)13)8(14-2)4-7(5)10;9-8(10,11)4-1-2-5-6(3-4)14-7(12)13-5;1-2-4-6-5-3-1;1-2-4-5-3-1;1-3-4-2;;/h3-7H,1-2H3,(H,25,26,27);2-6,26H,1H3,(H,24,25,27);3-4H,1-2H3;3-4H,1-2H3,(H,14,15);3-4H,1-2H3;1-3H,(H2,12,13);1-5H;1-4H2;1,3-4H2,2H3;1H;/q;;;;;;;;-1;;+1. The molecule has 4 aromatic heterocycles. The number of anilines is 3. The maximum absolute atomic E-state index is 13.3. The van der Waals surface area contributed by atoms with Crippen LogP contribution in [0.5, 0.6) is 28.7 Å². The summed E-state index contributed by atoms with van der Waals surface area (Å²) in [5.74, 6) is -4.22. The van der Waals surface area contributed by atoms with Gasteiger partial charge in [-0.2, -0.15) is 112 Å². The van der Waals surface area contributed by atoms with Crippen LogP contribution in [0.3, 0.4) is 0 Å². The first-order chi connectivity index (χ1) is 61.0. The van der Waals surface area contributed by atoms with Crippen LogP contribution in [0.4, 0.5) is 121 Å². The zero-order chi connectivity index (χ0) is 99.9. The fraction of sp³-hybridized carbons (Fsp3) is 0.282. The number of hydrogen-bond donors (Lipinski definition) is 5. The summed E-state index contributed by atoms with van der Waals surface area (Å²) in [5.41, 5.74) is -3.40. The molecule has 8 aromatic carbocycles. The second kappa shape index (κ2) is 50.3. The molecule has 0 spiro atoms. The van der Waals surface area contributed by atoms with Gasteiger partial charge in [0.05, 0.1) is 120 Å². The molecule has 1 saturated heterocycles. The first-order valence-corrected chi connectivity index (χ1v) is 40.7. The number of thiazole rings is 3. The molecule has 18 nitrogen and oxygen atoms in total. The Labute approximate surface area is 790 Å². The van der Waals surface area contributed by atoms with E-state index in [0.717, 1.165) is 133 Å². The van der Waals surface area contributed by atoms with Crippen LogP contribution in [0.25, 0.3) is 30.6 Å². The number of phenolic OH excluding ortho intramolecular Hbond substituents is 1. The fourth-order valence-corrected chi connectivity index (χ4v) is 13.8. The Morgan fingerprint density at radius 1 is 0.455 bits per heavy atom. The molecule has 0 aliphatic carbocycles. The van der Waals surface area contributed by atoms with Crippen molar-refractivity contribution >= 4 is 143 Å². The number of nitrogens with zero attached hydrogens (tertiary/aromatic N) is 4. The van der Waals surface area contributed by atoms with E-state index in [9.17, 15) is 130 Å². The van der Waals surface area contributed by atoms with Gasteiger partial charge in [0.1, 0.15) is 28.7 Å². The summed E-state index contributed by atoms with van der Waals surface area (Å²) in [6.45, 7) is 14.8. The van der Waals surface area contributed by atoms with Crippen LogP contribution < -0.4 is 54.2 Å². The summed E-state index contributed by atoms with van der Waals surface area (Å²) in [6.07, 6.45) is -28.4. The van der Waals surface area contributed by atoms with Gasteiger partial charge in [-0.05, 0) is 214 Å². The molecule has 12 aromatic rings. The predicted octanol–water partition coefficient (Wildman–Crippen LogP) is 25.2. The maximum Gasteiger partial charge on any atom is 1.00 e. The molecule has 724 valence electrons. The average Bonchev–Trinajstić information content (AvgIpc) is 1.72. The number of rotatable bonds is 11.